The van der Waals surface area contributed by atoms with E-state index in [2.05, 4.69) is 5.32 Å². The first-order valence-electron chi connectivity index (χ1n) is 6.76. The Morgan fingerprint density at radius 3 is 2.28 bits per heavy atom. The van der Waals surface area contributed by atoms with Crippen LogP contribution >= 0.6 is 23.2 Å². The monoisotopic (exact) mass is 384 g/mol. The number of benzene rings is 2. The van der Waals surface area contributed by atoms with Crippen molar-refractivity contribution in [2.24, 2.45) is 0 Å². The number of carbonyl (C=O) groups is 1. The maximum Gasteiger partial charge on any atom is 0.416 e. The Labute approximate surface area is 151 Å². The molecule has 0 saturated heterocycles. The topological polar surface area (TPSA) is 52.9 Å². The number of anilines is 1. The molecule has 0 fully saturated rings. The summed E-state index contributed by atoms with van der Waals surface area (Å²) in [6.45, 7) is 0. The van der Waals surface area contributed by atoms with E-state index < -0.39 is 17.6 Å². The molecule has 2 aromatic carbocycles. The van der Waals surface area contributed by atoms with Gasteiger partial charge in [0.05, 0.1) is 16.3 Å². The van der Waals surface area contributed by atoms with Gasteiger partial charge >= 0.3 is 6.18 Å². The summed E-state index contributed by atoms with van der Waals surface area (Å²) in [6, 6.07) is 10.2. The van der Waals surface area contributed by atoms with Crippen molar-refractivity contribution in [3.05, 3.63) is 69.2 Å². The first kappa shape index (κ1) is 18.8. The van der Waals surface area contributed by atoms with Crippen molar-refractivity contribution < 1.29 is 18.0 Å². The second-order valence-corrected chi connectivity index (χ2v) is 5.71. The Hall–Kier alpha value is -2.49. The van der Waals surface area contributed by atoms with Crippen molar-refractivity contribution in [2.75, 3.05) is 5.32 Å². The Bertz CT molecular complexity index is 869. The van der Waals surface area contributed by atoms with E-state index in [9.17, 15) is 18.0 Å². The van der Waals surface area contributed by atoms with E-state index in [-0.39, 0.29) is 21.8 Å². The molecular formula is C17H9Cl2F3N2O. The zero-order valence-electron chi connectivity index (χ0n) is 12.4. The van der Waals surface area contributed by atoms with Crippen LogP contribution < -0.4 is 5.32 Å². The smallest absolute Gasteiger partial charge is 0.320 e. The molecule has 0 saturated carbocycles. The van der Waals surface area contributed by atoms with Gasteiger partial charge in [0.2, 0.25) is 0 Å². The number of amides is 1. The van der Waals surface area contributed by atoms with Crippen molar-refractivity contribution in [3.63, 3.8) is 0 Å². The third kappa shape index (κ3) is 4.99. The summed E-state index contributed by atoms with van der Waals surface area (Å²) in [5, 5.41) is 12.1. The average molecular weight is 385 g/mol. The molecule has 0 unspecified atom stereocenters. The van der Waals surface area contributed by atoms with Crippen LogP contribution in [0.4, 0.5) is 18.9 Å². The van der Waals surface area contributed by atoms with Crippen LogP contribution in [0.1, 0.15) is 11.1 Å². The molecule has 0 aliphatic rings. The number of carbonyl (C=O) groups excluding carboxylic acids is 1. The number of rotatable bonds is 3. The molecule has 25 heavy (non-hydrogen) atoms. The minimum absolute atomic E-state index is 0.188. The molecule has 3 nitrogen and oxygen atoms in total. The van der Waals surface area contributed by atoms with Gasteiger partial charge in [-0.2, -0.15) is 18.4 Å². The Balaban J connectivity index is 2.22. The Morgan fingerprint density at radius 2 is 1.76 bits per heavy atom. The van der Waals surface area contributed by atoms with E-state index >= 15 is 0 Å². The number of nitrogens with one attached hydrogen (secondary N) is 1. The van der Waals surface area contributed by atoms with Crippen molar-refractivity contribution >= 4 is 40.9 Å². The molecule has 2 rings (SSSR count). The van der Waals surface area contributed by atoms with Crippen molar-refractivity contribution in [1.82, 2.24) is 0 Å². The molecule has 1 amide bonds. The molecule has 0 radical (unpaired) electrons. The fourth-order valence-corrected chi connectivity index (χ4v) is 2.32. The molecule has 128 valence electrons. The third-order valence-electron chi connectivity index (χ3n) is 3.09. The molecular weight excluding hydrogens is 376 g/mol. The summed E-state index contributed by atoms with van der Waals surface area (Å²) in [5.41, 5.74) is -0.571. The van der Waals surface area contributed by atoms with Crippen LogP contribution in [0.5, 0.6) is 0 Å². The van der Waals surface area contributed by atoms with Crippen LogP contribution in [0.2, 0.25) is 10.0 Å². The highest BCUT2D eigenvalue weighted by molar-refractivity contribution is 6.36. The summed E-state index contributed by atoms with van der Waals surface area (Å²) >= 11 is 11.7. The van der Waals surface area contributed by atoms with Gasteiger partial charge in [-0.05, 0) is 42.0 Å². The zero-order valence-corrected chi connectivity index (χ0v) is 13.9. The van der Waals surface area contributed by atoms with Gasteiger partial charge in [0, 0.05) is 5.02 Å². The summed E-state index contributed by atoms with van der Waals surface area (Å²) < 4.78 is 37.6. The molecule has 0 spiro atoms. The lowest BCUT2D eigenvalue weighted by Gasteiger charge is -2.08. The molecule has 0 aliphatic heterocycles. The zero-order chi connectivity index (χ0) is 18.6. The SMILES string of the molecule is N#C/C(=C\c1ccc(C(F)(F)F)cc1)C(=O)Nc1ccc(Cl)cc1Cl. The quantitative estimate of drug-likeness (QED) is 0.556. The van der Waals surface area contributed by atoms with E-state index in [0.29, 0.717) is 5.02 Å². The largest absolute Gasteiger partial charge is 0.416 e. The van der Waals surface area contributed by atoms with E-state index in [1.54, 1.807) is 6.07 Å². The predicted octanol–water partition coefficient (Wildman–Crippen LogP) is 5.56. The molecule has 0 heterocycles. The second kappa shape index (κ2) is 7.60. The first-order valence-corrected chi connectivity index (χ1v) is 7.52. The van der Waals surface area contributed by atoms with Crippen LogP contribution in [0.25, 0.3) is 6.08 Å². The second-order valence-electron chi connectivity index (χ2n) is 4.87. The summed E-state index contributed by atoms with van der Waals surface area (Å²) in [4.78, 5) is 12.1. The van der Waals surface area contributed by atoms with Gasteiger partial charge in [0.25, 0.3) is 5.91 Å². The highest BCUT2D eigenvalue weighted by atomic mass is 35.5. The van der Waals surface area contributed by atoms with Gasteiger partial charge in [0.15, 0.2) is 0 Å². The average Bonchev–Trinajstić information content (AvgIpc) is 2.54. The molecule has 0 aliphatic carbocycles. The van der Waals surface area contributed by atoms with E-state index in [0.717, 1.165) is 12.1 Å². The Kier molecular flexibility index (Phi) is 5.73. The first-order chi connectivity index (χ1) is 11.7. The number of nitriles is 1. The Morgan fingerprint density at radius 1 is 1.12 bits per heavy atom. The highest BCUT2D eigenvalue weighted by Gasteiger charge is 2.29. The minimum Gasteiger partial charge on any atom is -0.320 e. The van der Waals surface area contributed by atoms with Crippen LogP contribution in [0.3, 0.4) is 0 Å². The third-order valence-corrected chi connectivity index (χ3v) is 3.64. The number of halogens is 5. The molecule has 1 N–H and O–H groups in total. The van der Waals surface area contributed by atoms with Gasteiger partial charge in [-0.15, -0.1) is 0 Å². The van der Waals surface area contributed by atoms with Crippen molar-refractivity contribution in [2.45, 2.75) is 6.18 Å². The van der Waals surface area contributed by atoms with Gasteiger partial charge in [-0.3, -0.25) is 4.79 Å². The van der Waals surface area contributed by atoms with Gasteiger partial charge < -0.3 is 5.32 Å². The number of nitrogens with zero attached hydrogens (tertiary/aromatic N) is 1. The highest BCUT2D eigenvalue weighted by Crippen LogP contribution is 2.29. The van der Waals surface area contributed by atoms with E-state index in [1.165, 1.54) is 36.4 Å². The normalized spacial score (nSPS) is 11.8. The van der Waals surface area contributed by atoms with Crippen LogP contribution in [-0.2, 0) is 11.0 Å². The lowest BCUT2D eigenvalue weighted by Crippen LogP contribution is -2.13. The molecule has 0 aromatic heterocycles. The van der Waals surface area contributed by atoms with Crippen LogP contribution in [0.15, 0.2) is 48.0 Å². The molecule has 0 bridgehead atoms. The lowest BCUT2D eigenvalue weighted by atomic mass is 10.1. The summed E-state index contributed by atoms with van der Waals surface area (Å²) in [5.74, 6) is -0.744. The molecule has 2 aromatic rings. The van der Waals surface area contributed by atoms with Crippen LogP contribution in [-0.4, -0.2) is 5.91 Å². The predicted molar refractivity (Wildman–Crippen MR) is 90.1 cm³/mol. The maximum atomic E-state index is 12.5. The van der Waals surface area contributed by atoms with Crippen molar-refractivity contribution in [1.29, 1.82) is 5.26 Å². The number of alkyl halides is 3. The van der Waals surface area contributed by atoms with Gasteiger partial charge in [-0.25, -0.2) is 0 Å². The fourth-order valence-electron chi connectivity index (χ4n) is 1.86. The molecule has 8 heteroatoms. The van der Waals surface area contributed by atoms with Gasteiger partial charge in [0.1, 0.15) is 11.6 Å². The van der Waals surface area contributed by atoms with E-state index in [4.69, 9.17) is 28.5 Å². The summed E-state index contributed by atoms with van der Waals surface area (Å²) in [7, 11) is 0. The number of hydrogen-bond acceptors (Lipinski definition) is 2. The lowest BCUT2D eigenvalue weighted by molar-refractivity contribution is -0.137. The maximum absolute atomic E-state index is 12.5. The standard InChI is InChI=1S/C17H9Cl2F3N2O/c18-13-5-6-15(14(19)8-13)24-16(25)11(9-23)7-10-1-3-12(4-2-10)17(20,21)22/h1-8H,(H,24,25)/b11-7+. The number of hydrogen-bond donors (Lipinski definition) is 1. The van der Waals surface area contributed by atoms with E-state index in [1.807, 2.05) is 0 Å². The summed E-state index contributed by atoms with van der Waals surface area (Å²) in [6.07, 6.45) is -3.28. The minimum atomic E-state index is -4.46. The fraction of sp³-hybridized carbons (Fsp3) is 0.0588. The van der Waals surface area contributed by atoms with Crippen LogP contribution in [0, 0.1) is 11.3 Å². The van der Waals surface area contributed by atoms with Gasteiger partial charge in [-0.1, -0.05) is 35.3 Å². The molecule has 0 atom stereocenters. The van der Waals surface area contributed by atoms with Crippen molar-refractivity contribution in [3.8, 4) is 6.07 Å².